The number of para-hydroxylation sites is 1. The first-order valence-corrected chi connectivity index (χ1v) is 5.18. The Morgan fingerprint density at radius 3 is 2.53 bits per heavy atom. The second-order valence-corrected chi connectivity index (χ2v) is 3.61. The summed E-state index contributed by atoms with van der Waals surface area (Å²) in [4.78, 5) is 3.67. The van der Waals surface area contributed by atoms with E-state index in [4.69, 9.17) is 10.3 Å². The van der Waals surface area contributed by atoms with Crippen LogP contribution in [0.2, 0.25) is 0 Å². The summed E-state index contributed by atoms with van der Waals surface area (Å²) >= 11 is -2.22. The van der Waals surface area contributed by atoms with Crippen molar-refractivity contribution >= 4 is 17.0 Å². The Morgan fingerprint density at radius 2 is 2.00 bits per heavy atom. The summed E-state index contributed by atoms with van der Waals surface area (Å²) in [5.74, 6) is 0.0820. The molecule has 0 bridgehead atoms. The van der Waals surface area contributed by atoms with E-state index in [0.29, 0.717) is 5.69 Å². The number of benzene rings is 1. The molecule has 7 heteroatoms. The van der Waals surface area contributed by atoms with Crippen LogP contribution in [-0.4, -0.2) is 23.5 Å². The molecule has 0 fully saturated rings. The van der Waals surface area contributed by atoms with Gasteiger partial charge in [-0.15, -0.1) is 5.10 Å². The summed E-state index contributed by atoms with van der Waals surface area (Å²) in [6.07, 6.45) is 0. The lowest BCUT2D eigenvalue weighted by molar-refractivity contribution is 0.554. The molecule has 3 N–H and O–H groups in total. The largest absolute Gasteiger partial charge is 0.368 e. The molecule has 1 aromatic heterocycles. The molecule has 0 aliphatic rings. The van der Waals surface area contributed by atoms with Gasteiger partial charge in [0, 0.05) is 0 Å². The summed E-state index contributed by atoms with van der Waals surface area (Å²) in [6.45, 7) is 0. The third kappa shape index (κ3) is 1.88. The predicted molar refractivity (Wildman–Crippen MR) is 54.8 cm³/mol. The fraction of sp³-hybridized carbons (Fsp3) is 0. The first-order chi connectivity index (χ1) is 7.18. The maximum Gasteiger partial charge on any atom is 0.268 e. The van der Waals surface area contributed by atoms with Crippen molar-refractivity contribution < 1.29 is 8.76 Å². The van der Waals surface area contributed by atoms with E-state index < -0.39 is 11.1 Å². The quantitative estimate of drug-likeness (QED) is 0.721. The van der Waals surface area contributed by atoms with Gasteiger partial charge < -0.3 is 5.73 Å². The molecule has 6 nitrogen and oxygen atoms in total. The van der Waals surface area contributed by atoms with Crippen molar-refractivity contribution in [1.82, 2.24) is 14.8 Å². The maximum atomic E-state index is 10.7. The van der Waals surface area contributed by atoms with Gasteiger partial charge in [0.15, 0.2) is 0 Å². The molecule has 1 aromatic carbocycles. The molecule has 0 aliphatic heterocycles. The van der Waals surface area contributed by atoms with Crippen LogP contribution in [0.5, 0.6) is 0 Å². The summed E-state index contributed by atoms with van der Waals surface area (Å²) in [6, 6.07) is 9.02. The van der Waals surface area contributed by atoms with Gasteiger partial charge in [0.05, 0.1) is 5.69 Å². The lowest BCUT2D eigenvalue weighted by Gasteiger charge is -2.00. The minimum atomic E-state index is -2.22. The minimum Gasteiger partial charge on any atom is -0.368 e. The van der Waals surface area contributed by atoms with Gasteiger partial charge in [-0.3, -0.25) is 4.55 Å². The van der Waals surface area contributed by atoms with Crippen LogP contribution in [0, 0.1) is 0 Å². The SMILES string of the molecule is Nc1nc(S(=O)O)nn1-c1ccccc1. The van der Waals surface area contributed by atoms with Crippen molar-refractivity contribution in [3.05, 3.63) is 30.3 Å². The molecule has 1 atom stereocenters. The van der Waals surface area contributed by atoms with E-state index in [2.05, 4.69) is 10.1 Å². The average Bonchev–Trinajstić information content (AvgIpc) is 2.62. The lowest BCUT2D eigenvalue weighted by atomic mass is 10.3. The van der Waals surface area contributed by atoms with Crippen LogP contribution in [-0.2, 0) is 11.1 Å². The molecule has 1 unspecified atom stereocenters. The topological polar surface area (TPSA) is 94.0 Å². The smallest absolute Gasteiger partial charge is 0.268 e. The van der Waals surface area contributed by atoms with Crippen molar-refractivity contribution in [3.63, 3.8) is 0 Å². The Hall–Kier alpha value is -1.73. The third-order valence-electron chi connectivity index (χ3n) is 1.77. The molecular weight excluding hydrogens is 216 g/mol. The normalized spacial score (nSPS) is 12.6. The van der Waals surface area contributed by atoms with E-state index in [1.54, 1.807) is 12.1 Å². The highest BCUT2D eigenvalue weighted by Gasteiger charge is 2.12. The standard InChI is InChI=1S/C8H8N4O2S/c9-7-10-8(15(13)14)11-12(7)6-4-2-1-3-5-6/h1-5H,(H,13,14)(H2,9,10,11). The van der Waals surface area contributed by atoms with Gasteiger partial charge in [-0.1, -0.05) is 18.2 Å². The Bertz CT molecular complexity index is 497. The van der Waals surface area contributed by atoms with Crippen molar-refractivity contribution in [3.8, 4) is 5.69 Å². The number of nitrogens with zero attached hydrogens (tertiary/aromatic N) is 3. The molecule has 2 aromatic rings. The lowest BCUT2D eigenvalue weighted by Crippen LogP contribution is -2.02. The summed E-state index contributed by atoms with van der Waals surface area (Å²) in [5, 5.41) is 3.61. The molecule has 0 aliphatic carbocycles. The van der Waals surface area contributed by atoms with E-state index in [1.807, 2.05) is 18.2 Å². The maximum absolute atomic E-state index is 10.7. The van der Waals surface area contributed by atoms with Gasteiger partial charge in [0.25, 0.3) is 5.16 Å². The molecule has 0 amide bonds. The highest BCUT2D eigenvalue weighted by atomic mass is 32.2. The summed E-state index contributed by atoms with van der Waals surface area (Å²) in [5.41, 5.74) is 6.25. The van der Waals surface area contributed by atoms with E-state index in [9.17, 15) is 4.21 Å². The van der Waals surface area contributed by atoms with Gasteiger partial charge in [-0.05, 0) is 12.1 Å². The fourth-order valence-electron chi connectivity index (χ4n) is 1.14. The van der Waals surface area contributed by atoms with Gasteiger partial charge in [-0.25, -0.2) is 4.21 Å². The number of anilines is 1. The summed E-state index contributed by atoms with van der Waals surface area (Å²) < 4.78 is 20.8. The van der Waals surface area contributed by atoms with Crippen molar-refractivity contribution in [2.45, 2.75) is 5.16 Å². The molecule has 1 heterocycles. The molecule has 0 saturated carbocycles. The number of nitrogen functional groups attached to an aromatic ring is 1. The molecule has 0 spiro atoms. The van der Waals surface area contributed by atoms with Crippen molar-refractivity contribution in [1.29, 1.82) is 0 Å². The first kappa shape index (κ1) is 9.81. The number of rotatable bonds is 2. The second-order valence-electron chi connectivity index (χ2n) is 2.75. The van der Waals surface area contributed by atoms with Crippen molar-refractivity contribution in [2.75, 3.05) is 5.73 Å². The van der Waals surface area contributed by atoms with E-state index in [-0.39, 0.29) is 11.1 Å². The van der Waals surface area contributed by atoms with Crippen LogP contribution in [0.4, 0.5) is 5.95 Å². The van der Waals surface area contributed by atoms with Crippen LogP contribution < -0.4 is 5.73 Å². The fourth-order valence-corrected chi connectivity index (χ4v) is 1.46. The first-order valence-electron chi connectivity index (χ1n) is 4.07. The van der Waals surface area contributed by atoms with E-state index in [0.717, 1.165) is 0 Å². The monoisotopic (exact) mass is 224 g/mol. The molecule has 0 radical (unpaired) electrons. The van der Waals surface area contributed by atoms with Gasteiger partial charge >= 0.3 is 0 Å². The van der Waals surface area contributed by atoms with E-state index in [1.165, 1.54) is 4.68 Å². The van der Waals surface area contributed by atoms with Gasteiger partial charge in [-0.2, -0.15) is 9.67 Å². The van der Waals surface area contributed by atoms with Gasteiger partial charge in [0.1, 0.15) is 0 Å². The molecule has 78 valence electrons. The number of nitrogens with two attached hydrogens (primary N) is 1. The highest BCUT2D eigenvalue weighted by molar-refractivity contribution is 7.79. The number of hydrogen-bond acceptors (Lipinski definition) is 4. The second kappa shape index (κ2) is 3.79. The minimum absolute atomic E-state index is 0.0820. The predicted octanol–water partition coefficient (Wildman–Crippen LogP) is 0.430. The zero-order valence-electron chi connectivity index (χ0n) is 7.57. The number of hydrogen-bond donors (Lipinski definition) is 2. The molecular formula is C8H8N4O2S. The molecule has 2 rings (SSSR count). The number of aromatic nitrogens is 3. The van der Waals surface area contributed by atoms with Crippen LogP contribution in [0.25, 0.3) is 5.69 Å². The third-order valence-corrected chi connectivity index (χ3v) is 2.26. The zero-order valence-corrected chi connectivity index (χ0v) is 8.39. The van der Waals surface area contributed by atoms with Crippen LogP contribution in [0.3, 0.4) is 0 Å². The molecule has 15 heavy (non-hydrogen) atoms. The Labute approximate surface area is 88.0 Å². The van der Waals surface area contributed by atoms with Crippen LogP contribution >= 0.6 is 0 Å². The molecule has 0 saturated heterocycles. The Kier molecular flexibility index (Phi) is 2.48. The van der Waals surface area contributed by atoms with Crippen LogP contribution in [0.15, 0.2) is 35.5 Å². The van der Waals surface area contributed by atoms with Crippen LogP contribution in [0.1, 0.15) is 0 Å². The van der Waals surface area contributed by atoms with E-state index >= 15 is 0 Å². The highest BCUT2D eigenvalue weighted by Crippen LogP contribution is 2.11. The Morgan fingerprint density at radius 1 is 1.33 bits per heavy atom. The summed E-state index contributed by atoms with van der Waals surface area (Å²) in [7, 11) is 0. The van der Waals surface area contributed by atoms with Crippen molar-refractivity contribution in [2.24, 2.45) is 0 Å². The average molecular weight is 224 g/mol. The Balaban J connectivity index is 2.50. The zero-order chi connectivity index (χ0) is 10.8. The van der Waals surface area contributed by atoms with Gasteiger partial charge in [0.2, 0.25) is 17.0 Å².